The number of halogens is 3. The monoisotopic (exact) mass is 1040 g/mol. The summed E-state index contributed by atoms with van der Waals surface area (Å²) in [4.78, 5) is 74.4. The van der Waals surface area contributed by atoms with Gasteiger partial charge in [-0.05, 0) is 107 Å². The van der Waals surface area contributed by atoms with Crippen LogP contribution in [0, 0.1) is 24.6 Å². The quantitative estimate of drug-likeness (QED) is 0.0697. The SMILES string of the molecule is CNc1nc(Nc2ccc(C(=O)N3CCN(C[C@H]4CC[C@@H](CSC(C)(C)[C@H](NC(=O)C5(F)CC5)C(=O)N5C[C@H](O)CC5C(=O)NCc5ccc(-c6scnc6C)cc5F)CC4)CC3)cc2OC)ncc1Cl. The van der Waals surface area contributed by atoms with E-state index in [0.717, 1.165) is 55.9 Å². The lowest BCUT2D eigenvalue weighted by molar-refractivity contribution is -0.143. The lowest BCUT2D eigenvalue weighted by Gasteiger charge is -2.40. The van der Waals surface area contributed by atoms with E-state index in [0.29, 0.717) is 70.0 Å². The fraction of sp³-hybridized carbons (Fsp3) is 0.540. The molecule has 21 heteroatoms. The van der Waals surface area contributed by atoms with Gasteiger partial charge in [-0.3, -0.25) is 24.1 Å². The summed E-state index contributed by atoms with van der Waals surface area (Å²) in [5, 5.41) is 22.7. The maximum absolute atomic E-state index is 15.2. The Bertz CT molecular complexity index is 2590. The number of piperazine rings is 1. The Morgan fingerprint density at radius 3 is 2.44 bits per heavy atom. The van der Waals surface area contributed by atoms with E-state index >= 15 is 8.78 Å². The number of alkyl halides is 1. The molecule has 4 aromatic rings. The molecule has 2 aromatic heterocycles. The number of methoxy groups -OCH3 is 1. The van der Waals surface area contributed by atoms with E-state index in [1.54, 1.807) is 61.8 Å². The lowest BCUT2D eigenvalue weighted by Crippen LogP contribution is -2.61. The van der Waals surface area contributed by atoms with Gasteiger partial charge in [0.15, 0.2) is 5.67 Å². The number of nitrogens with one attached hydrogen (secondary N) is 4. The first-order valence-corrected chi connectivity index (χ1v) is 26.5. The number of thioether (sulfide) groups is 1. The predicted octanol–water partition coefficient (Wildman–Crippen LogP) is 6.84. The standard InChI is InChI=1S/C50H63ClF2N10O6S2/c1-29-41(70-28-57-29)32-10-11-34(37(52)20-32)23-55-44(65)39-22-35(64)26-63(39)46(67)42(59-47(68)50(53)14-15-50)49(2,3)71-27-31-8-6-30(7-9-31)25-61-16-18-62(19-17-61)45(66)33-12-13-38(40(21-33)69-5)58-48-56-24-36(51)43(54-4)60-48/h10-13,20-21,24,28,30-31,35,39,42,64H,6-9,14-19,22-23,25-27H2,1-5H3,(H,55,65)(H,59,68)(H2,54,56,58,60)/t30-,31+,35-,39?,42-/m1/s1. The zero-order chi connectivity index (χ0) is 50.6. The summed E-state index contributed by atoms with van der Waals surface area (Å²) in [6.45, 7) is 9.00. The number of rotatable bonds is 18. The van der Waals surface area contributed by atoms with E-state index < -0.39 is 52.1 Å². The van der Waals surface area contributed by atoms with Crippen LogP contribution < -0.4 is 26.0 Å². The second-order valence-electron chi connectivity index (χ2n) is 19.6. The van der Waals surface area contributed by atoms with E-state index in [2.05, 4.69) is 41.1 Å². The van der Waals surface area contributed by atoms with Gasteiger partial charge in [0.1, 0.15) is 34.5 Å². The molecule has 2 aromatic carbocycles. The maximum Gasteiger partial charge on any atom is 0.258 e. The van der Waals surface area contributed by atoms with Gasteiger partial charge in [0, 0.05) is 75.2 Å². The Morgan fingerprint density at radius 2 is 1.77 bits per heavy atom. The Balaban J connectivity index is 0.814. The molecule has 4 heterocycles. The van der Waals surface area contributed by atoms with E-state index in [1.165, 1.54) is 28.5 Å². The summed E-state index contributed by atoms with van der Waals surface area (Å²) in [5.41, 5.74) is 2.53. The van der Waals surface area contributed by atoms with Crippen LogP contribution in [0.5, 0.6) is 5.75 Å². The largest absolute Gasteiger partial charge is 0.495 e. The van der Waals surface area contributed by atoms with Crippen LogP contribution in [-0.4, -0.2) is 146 Å². The number of benzene rings is 2. The normalized spacial score (nSPS) is 21.6. The minimum atomic E-state index is -2.04. The fourth-order valence-electron chi connectivity index (χ4n) is 9.64. The number of hydrogen-bond donors (Lipinski definition) is 5. The molecule has 0 radical (unpaired) electrons. The Labute approximate surface area is 426 Å². The second kappa shape index (κ2) is 22.3. The summed E-state index contributed by atoms with van der Waals surface area (Å²) in [6.07, 6.45) is 4.67. The molecule has 4 amide bonds. The number of aliphatic hydroxyl groups excluding tert-OH is 1. The fourth-order valence-corrected chi connectivity index (χ4v) is 12.0. The number of aromatic nitrogens is 3. The third kappa shape index (κ3) is 12.4. The number of likely N-dealkylation sites (tertiary alicyclic amines) is 1. The van der Waals surface area contributed by atoms with Crippen molar-refractivity contribution in [2.45, 2.75) is 101 Å². The zero-order valence-electron chi connectivity index (χ0n) is 40.7. The summed E-state index contributed by atoms with van der Waals surface area (Å²) in [6, 6.07) is 7.78. The summed E-state index contributed by atoms with van der Waals surface area (Å²) >= 11 is 9.10. The average molecular weight is 1040 g/mol. The number of carbonyl (C=O) groups excluding carboxylic acids is 4. The number of amides is 4. The molecule has 8 rings (SSSR count). The number of β-amino-alcohol motifs (C(OH)–C–C–N with tert-alkyl or cyclic N) is 1. The number of aryl methyl sites for hydroxylation is 1. The minimum Gasteiger partial charge on any atom is -0.495 e. The van der Waals surface area contributed by atoms with Gasteiger partial charge in [0.05, 0.1) is 41.2 Å². The number of carbonyl (C=O) groups is 4. The minimum absolute atomic E-state index is 0.0354. The molecule has 0 spiro atoms. The van der Waals surface area contributed by atoms with Crippen molar-refractivity contribution in [2.24, 2.45) is 11.8 Å². The molecule has 2 saturated carbocycles. The first-order valence-electron chi connectivity index (χ1n) is 24.2. The Hall–Kier alpha value is -5.15. The predicted molar refractivity (Wildman–Crippen MR) is 272 cm³/mol. The first kappa shape index (κ1) is 52.2. The van der Waals surface area contributed by atoms with Crippen molar-refractivity contribution in [2.75, 3.05) is 69.8 Å². The average Bonchev–Trinajstić information content (AvgIpc) is 3.77. The van der Waals surface area contributed by atoms with Crippen molar-refractivity contribution in [3.8, 4) is 16.2 Å². The van der Waals surface area contributed by atoms with Crippen LogP contribution in [0.4, 0.5) is 26.2 Å². The van der Waals surface area contributed by atoms with Crippen molar-refractivity contribution in [3.63, 3.8) is 0 Å². The zero-order valence-corrected chi connectivity index (χ0v) is 43.1. The van der Waals surface area contributed by atoms with Gasteiger partial charge in [0.25, 0.3) is 11.8 Å². The molecule has 4 fully saturated rings. The highest BCUT2D eigenvalue weighted by Gasteiger charge is 2.54. The molecule has 1 unspecified atom stereocenters. The molecule has 4 aliphatic rings. The summed E-state index contributed by atoms with van der Waals surface area (Å²) in [7, 11) is 3.26. The highest BCUT2D eigenvalue weighted by molar-refractivity contribution is 8.00. The molecule has 5 N–H and O–H groups in total. The molecular weight excluding hydrogens is 974 g/mol. The Kier molecular flexibility index (Phi) is 16.4. The molecular formula is C50H63ClF2N10O6S2. The van der Waals surface area contributed by atoms with Gasteiger partial charge in [-0.1, -0.05) is 23.7 Å². The number of thiazole rings is 1. The van der Waals surface area contributed by atoms with Gasteiger partial charge >= 0.3 is 0 Å². The molecule has 2 saturated heterocycles. The van der Waals surface area contributed by atoms with Gasteiger partial charge in [-0.25, -0.2) is 18.7 Å². The topological polar surface area (TPSA) is 194 Å². The van der Waals surface area contributed by atoms with Gasteiger partial charge in [-0.15, -0.1) is 11.3 Å². The van der Waals surface area contributed by atoms with Crippen LogP contribution in [-0.2, 0) is 20.9 Å². The molecule has 382 valence electrons. The van der Waals surface area contributed by atoms with Crippen molar-refractivity contribution in [1.29, 1.82) is 0 Å². The number of ether oxygens (including phenoxy) is 1. The van der Waals surface area contributed by atoms with E-state index in [4.69, 9.17) is 16.3 Å². The van der Waals surface area contributed by atoms with Gasteiger partial charge in [-0.2, -0.15) is 16.7 Å². The number of anilines is 3. The van der Waals surface area contributed by atoms with Crippen molar-refractivity contribution >= 4 is 75.8 Å². The van der Waals surface area contributed by atoms with Crippen molar-refractivity contribution in [1.82, 2.24) is 40.3 Å². The number of nitrogens with zero attached hydrogens (tertiary/aromatic N) is 6. The van der Waals surface area contributed by atoms with Crippen LogP contribution in [0.2, 0.25) is 5.02 Å². The molecule has 71 heavy (non-hydrogen) atoms. The third-order valence-corrected chi connectivity index (χ3v) is 17.1. The van der Waals surface area contributed by atoms with Gasteiger partial charge in [0.2, 0.25) is 17.8 Å². The second-order valence-corrected chi connectivity index (χ2v) is 22.6. The highest BCUT2D eigenvalue weighted by Crippen LogP contribution is 2.42. The number of hydrogen-bond acceptors (Lipinski definition) is 14. The van der Waals surface area contributed by atoms with Crippen molar-refractivity contribution < 1.29 is 37.8 Å². The van der Waals surface area contributed by atoms with Crippen LogP contribution in [0.1, 0.15) is 80.4 Å². The summed E-state index contributed by atoms with van der Waals surface area (Å²) < 4.78 is 35.1. The van der Waals surface area contributed by atoms with Crippen LogP contribution in [0.3, 0.4) is 0 Å². The van der Waals surface area contributed by atoms with E-state index in [-0.39, 0.29) is 43.8 Å². The highest BCUT2D eigenvalue weighted by atomic mass is 35.5. The van der Waals surface area contributed by atoms with E-state index in [9.17, 15) is 24.3 Å². The van der Waals surface area contributed by atoms with Crippen molar-refractivity contribution in [3.05, 3.63) is 75.8 Å². The molecule has 0 bridgehead atoms. The van der Waals surface area contributed by atoms with E-state index in [1.807, 2.05) is 25.7 Å². The van der Waals surface area contributed by atoms with Crippen LogP contribution in [0.15, 0.2) is 48.1 Å². The molecule has 2 aliphatic heterocycles. The third-order valence-electron chi connectivity index (χ3n) is 14.2. The van der Waals surface area contributed by atoms with Crippen LogP contribution in [0.25, 0.3) is 10.4 Å². The maximum atomic E-state index is 15.2. The van der Waals surface area contributed by atoms with Crippen LogP contribution >= 0.6 is 34.7 Å². The van der Waals surface area contributed by atoms with Gasteiger partial charge < -0.3 is 40.9 Å². The summed E-state index contributed by atoms with van der Waals surface area (Å²) in [5.74, 6) is 0.336. The molecule has 16 nitrogen and oxygen atoms in total. The number of aliphatic hydroxyl groups is 1. The Morgan fingerprint density at radius 1 is 1.04 bits per heavy atom. The smallest absolute Gasteiger partial charge is 0.258 e. The first-order chi connectivity index (χ1) is 33.9. The lowest BCUT2D eigenvalue weighted by atomic mass is 9.82. The molecule has 3 atom stereocenters. The molecule has 2 aliphatic carbocycles.